The summed E-state index contributed by atoms with van der Waals surface area (Å²) < 4.78 is 5.51. The zero-order valence-corrected chi connectivity index (χ0v) is 18.3. The van der Waals surface area contributed by atoms with Crippen molar-refractivity contribution < 1.29 is 24.2 Å². The number of nitrogens with one attached hydrogen (secondary N) is 1. The molecular weight excluding hydrogens is 408 g/mol. The number of hydrogen-bond acceptors (Lipinski definition) is 4. The van der Waals surface area contributed by atoms with E-state index in [0.717, 1.165) is 35.1 Å². The summed E-state index contributed by atoms with van der Waals surface area (Å²) in [4.78, 5) is 38.4. The zero-order chi connectivity index (χ0) is 22.8. The van der Waals surface area contributed by atoms with Crippen molar-refractivity contribution in [1.29, 1.82) is 0 Å². The molecule has 2 N–H and O–H groups in total. The Bertz CT molecular complexity index is 991. The molecule has 2 aromatic rings. The number of hydrogen-bond donors (Lipinski definition) is 2. The predicted molar refractivity (Wildman–Crippen MR) is 119 cm³/mol. The maximum absolute atomic E-state index is 12.9. The number of carboxylic acid groups (broad SMARTS) is 1. The maximum Gasteiger partial charge on any atom is 0.407 e. The maximum atomic E-state index is 12.9. The van der Waals surface area contributed by atoms with E-state index in [1.165, 1.54) is 4.90 Å². The monoisotopic (exact) mass is 436 g/mol. The molecule has 168 valence electrons. The van der Waals surface area contributed by atoms with E-state index >= 15 is 0 Å². The lowest BCUT2D eigenvalue weighted by molar-refractivity contribution is -0.155. The summed E-state index contributed by atoms with van der Waals surface area (Å²) in [6, 6.07) is 14.4. The Balaban J connectivity index is 1.39. The SMILES string of the molecule is CC1CCCN(C(=O)[C@H](C)NC(=O)OCC2c3ccccc3-c3ccccc32)C1C(=O)O. The van der Waals surface area contributed by atoms with Gasteiger partial charge in [-0.05, 0) is 47.9 Å². The van der Waals surface area contributed by atoms with Gasteiger partial charge in [-0.2, -0.15) is 0 Å². The molecule has 0 radical (unpaired) electrons. The van der Waals surface area contributed by atoms with Gasteiger partial charge in [-0.25, -0.2) is 9.59 Å². The highest BCUT2D eigenvalue weighted by Gasteiger charge is 2.39. The first-order valence-corrected chi connectivity index (χ1v) is 11.0. The van der Waals surface area contributed by atoms with Crippen molar-refractivity contribution in [1.82, 2.24) is 10.2 Å². The highest BCUT2D eigenvalue weighted by atomic mass is 16.5. The van der Waals surface area contributed by atoms with Crippen LogP contribution in [0.1, 0.15) is 43.7 Å². The summed E-state index contributed by atoms with van der Waals surface area (Å²) in [7, 11) is 0. The van der Waals surface area contributed by atoms with Crippen LogP contribution in [0.2, 0.25) is 0 Å². The van der Waals surface area contributed by atoms with Gasteiger partial charge in [-0.15, -0.1) is 0 Å². The van der Waals surface area contributed by atoms with Gasteiger partial charge in [0.2, 0.25) is 5.91 Å². The molecule has 3 atom stereocenters. The fourth-order valence-electron chi connectivity index (χ4n) is 4.94. The minimum Gasteiger partial charge on any atom is -0.480 e. The number of piperidine rings is 1. The van der Waals surface area contributed by atoms with Crippen molar-refractivity contribution in [3.63, 3.8) is 0 Å². The number of rotatable bonds is 5. The molecule has 2 unspecified atom stereocenters. The first-order valence-electron chi connectivity index (χ1n) is 11.0. The predicted octanol–water partition coefficient (Wildman–Crippen LogP) is 3.63. The van der Waals surface area contributed by atoms with Gasteiger partial charge in [-0.1, -0.05) is 55.5 Å². The van der Waals surface area contributed by atoms with Crippen LogP contribution in [0.5, 0.6) is 0 Å². The highest BCUT2D eigenvalue weighted by Crippen LogP contribution is 2.44. The summed E-state index contributed by atoms with van der Waals surface area (Å²) in [5, 5.41) is 12.1. The molecule has 1 fully saturated rings. The van der Waals surface area contributed by atoms with E-state index in [1.54, 1.807) is 6.92 Å². The molecule has 1 heterocycles. The molecule has 32 heavy (non-hydrogen) atoms. The third-order valence-electron chi connectivity index (χ3n) is 6.52. The topological polar surface area (TPSA) is 95.9 Å². The Hall–Kier alpha value is -3.35. The van der Waals surface area contributed by atoms with Gasteiger partial charge in [0, 0.05) is 12.5 Å². The second-order valence-corrected chi connectivity index (χ2v) is 8.63. The normalized spacial score (nSPS) is 20.8. The fourth-order valence-corrected chi connectivity index (χ4v) is 4.94. The minimum absolute atomic E-state index is 0.0708. The second-order valence-electron chi connectivity index (χ2n) is 8.63. The third-order valence-corrected chi connectivity index (χ3v) is 6.52. The van der Waals surface area contributed by atoms with Crippen molar-refractivity contribution in [2.24, 2.45) is 5.92 Å². The van der Waals surface area contributed by atoms with Gasteiger partial charge in [0.05, 0.1) is 0 Å². The van der Waals surface area contributed by atoms with E-state index in [4.69, 9.17) is 4.74 Å². The van der Waals surface area contributed by atoms with E-state index in [2.05, 4.69) is 17.4 Å². The van der Waals surface area contributed by atoms with Gasteiger partial charge < -0.3 is 20.1 Å². The molecule has 4 rings (SSSR count). The van der Waals surface area contributed by atoms with Gasteiger partial charge in [0.25, 0.3) is 0 Å². The minimum atomic E-state index is -1.01. The number of amides is 2. The summed E-state index contributed by atoms with van der Waals surface area (Å²) >= 11 is 0. The van der Waals surface area contributed by atoms with Crippen LogP contribution >= 0.6 is 0 Å². The number of carbonyl (C=O) groups is 3. The van der Waals surface area contributed by atoms with Crippen LogP contribution in [0.15, 0.2) is 48.5 Å². The number of carboxylic acids is 1. The molecule has 0 bridgehead atoms. The van der Waals surface area contributed by atoms with Gasteiger partial charge >= 0.3 is 12.1 Å². The molecule has 0 spiro atoms. The molecule has 2 aromatic carbocycles. The quantitative estimate of drug-likeness (QED) is 0.746. The lowest BCUT2D eigenvalue weighted by atomic mass is 9.90. The van der Waals surface area contributed by atoms with Gasteiger partial charge in [-0.3, -0.25) is 4.79 Å². The van der Waals surface area contributed by atoms with Crippen LogP contribution in [0.25, 0.3) is 11.1 Å². The Morgan fingerprint density at radius 2 is 1.69 bits per heavy atom. The van der Waals surface area contributed by atoms with Crippen molar-refractivity contribution >= 4 is 18.0 Å². The van der Waals surface area contributed by atoms with Crippen LogP contribution in [-0.2, 0) is 14.3 Å². The van der Waals surface area contributed by atoms with Crippen LogP contribution < -0.4 is 5.32 Å². The molecule has 2 aliphatic rings. The number of carbonyl (C=O) groups excluding carboxylic acids is 2. The van der Waals surface area contributed by atoms with Crippen LogP contribution in [0, 0.1) is 5.92 Å². The van der Waals surface area contributed by atoms with E-state index in [0.29, 0.717) is 6.54 Å². The molecule has 0 saturated carbocycles. The largest absolute Gasteiger partial charge is 0.480 e. The zero-order valence-electron chi connectivity index (χ0n) is 18.3. The van der Waals surface area contributed by atoms with Crippen molar-refractivity contribution in [3.05, 3.63) is 59.7 Å². The van der Waals surface area contributed by atoms with Crippen LogP contribution in [-0.4, -0.2) is 53.2 Å². The Morgan fingerprint density at radius 1 is 1.09 bits per heavy atom. The number of fused-ring (bicyclic) bond motifs is 3. The Morgan fingerprint density at radius 3 is 2.28 bits per heavy atom. The number of aliphatic carboxylic acids is 1. The van der Waals surface area contributed by atoms with Gasteiger partial charge in [0.1, 0.15) is 18.7 Å². The van der Waals surface area contributed by atoms with Crippen LogP contribution in [0.4, 0.5) is 4.79 Å². The second kappa shape index (κ2) is 9.02. The summed E-state index contributed by atoms with van der Waals surface area (Å²) in [5.41, 5.74) is 4.49. The average Bonchev–Trinajstić information content (AvgIpc) is 3.10. The van der Waals surface area contributed by atoms with E-state index in [9.17, 15) is 19.5 Å². The van der Waals surface area contributed by atoms with Crippen molar-refractivity contribution in [2.45, 2.75) is 44.7 Å². The standard InChI is InChI=1S/C25H28N2O5/c1-15-8-7-13-27(22(15)24(29)30)23(28)16(2)26-25(31)32-14-21-19-11-5-3-9-17(19)18-10-4-6-12-20(18)21/h3-6,9-12,15-16,21-22H,7-8,13-14H2,1-2H3,(H,26,31)(H,29,30)/t15?,16-,22?/m0/s1. The van der Waals surface area contributed by atoms with Crippen molar-refractivity contribution in [3.8, 4) is 11.1 Å². The number of likely N-dealkylation sites (tertiary alicyclic amines) is 1. The first-order chi connectivity index (χ1) is 15.4. The third kappa shape index (κ3) is 4.07. The molecule has 0 aromatic heterocycles. The number of alkyl carbamates (subject to hydrolysis) is 1. The number of ether oxygens (including phenoxy) is 1. The lowest BCUT2D eigenvalue weighted by Gasteiger charge is -2.38. The summed E-state index contributed by atoms with van der Waals surface area (Å²) in [6.07, 6.45) is 0.813. The Kier molecular flexibility index (Phi) is 6.17. The molecule has 1 aliphatic carbocycles. The Labute approximate surface area is 187 Å². The highest BCUT2D eigenvalue weighted by molar-refractivity contribution is 5.89. The molecule has 1 saturated heterocycles. The molecule has 2 amide bonds. The first kappa shape index (κ1) is 21.9. The van der Waals surface area contributed by atoms with E-state index < -0.39 is 30.1 Å². The van der Waals surface area contributed by atoms with Crippen LogP contribution in [0.3, 0.4) is 0 Å². The lowest BCUT2D eigenvalue weighted by Crippen LogP contribution is -2.57. The number of benzene rings is 2. The molecule has 1 aliphatic heterocycles. The van der Waals surface area contributed by atoms with E-state index in [-0.39, 0.29) is 18.4 Å². The van der Waals surface area contributed by atoms with Crippen molar-refractivity contribution in [2.75, 3.05) is 13.2 Å². The average molecular weight is 437 g/mol. The summed E-state index contributed by atoms with van der Waals surface area (Å²) in [6.45, 7) is 3.92. The van der Waals surface area contributed by atoms with Gasteiger partial charge in [0.15, 0.2) is 0 Å². The molecule has 7 nitrogen and oxygen atoms in total. The molecule has 7 heteroatoms. The number of nitrogens with zero attached hydrogens (tertiary/aromatic N) is 1. The molecular formula is C25H28N2O5. The summed E-state index contributed by atoms with van der Waals surface area (Å²) in [5.74, 6) is -1.62. The fraction of sp³-hybridized carbons (Fsp3) is 0.400. The smallest absolute Gasteiger partial charge is 0.407 e. The van der Waals surface area contributed by atoms with E-state index in [1.807, 2.05) is 43.3 Å².